The first-order chi connectivity index (χ1) is 9.22. The number of benzene rings is 2. The number of fused-ring (bicyclic) bond motifs is 1. The molecule has 2 nitrogen and oxygen atoms in total. The van der Waals surface area contributed by atoms with Crippen LogP contribution in [-0.2, 0) is 0 Å². The van der Waals surface area contributed by atoms with Gasteiger partial charge >= 0.3 is 0 Å². The molecule has 0 N–H and O–H groups in total. The number of oxazole rings is 1. The molecule has 1 aromatic heterocycles. The van der Waals surface area contributed by atoms with E-state index in [1.807, 2.05) is 30.3 Å². The van der Waals surface area contributed by atoms with Crippen LogP contribution in [0.1, 0.15) is 11.5 Å². The van der Waals surface area contributed by atoms with Crippen molar-refractivity contribution < 1.29 is 4.42 Å². The Bertz CT molecular complexity index is 762. The second-order valence-electron chi connectivity index (χ2n) is 4.02. The molecule has 0 unspecified atom stereocenters. The van der Waals surface area contributed by atoms with E-state index >= 15 is 0 Å². The maximum absolute atomic E-state index is 6.07. The molecule has 3 rings (SSSR count). The summed E-state index contributed by atoms with van der Waals surface area (Å²) in [7, 11) is 0. The summed E-state index contributed by atoms with van der Waals surface area (Å²) >= 11 is 12.0. The SMILES string of the molecule is Clc1ccc2oc(/C=C/c3ccccc3Cl)nc2c1. The maximum atomic E-state index is 6.07. The van der Waals surface area contributed by atoms with Gasteiger partial charge in [0, 0.05) is 16.1 Å². The highest BCUT2D eigenvalue weighted by molar-refractivity contribution is 6.32. The molecule has 0 aliphatic heterocycles. The number of hydrogen-bond acceptors (Lipinski definition) is 2. The molecule has 0 radical (unpaired) electrons. The number of halogens is 2. The summed E-state index contributed by atoms with van der Waals surface area (Å²) in [6.07, 6.45) is 3.66. The van der Waals surface area contributed by atoms with Gasteiger partial charge in [-0.1, -0.05) is 41.4 Å². The van der Waals surface area contributed by atoms with Crippen molar-refractivity contribution in [3.05, 3.63) is 64.0 Å². The lowest BCUT2D eigenvalue weighted by molar-refractivity contribution is 0.590. The third kappa shape index (κ3) is 2.65. The first kappa shape index (κ1) is 12.3. The third-order valence-electron chi connectivity index (χ3n) is 2.68. The van der Waals surface area contributed by atoms with Gasteiger partial charge < -0.3 is 4.42 Å². The van der Waals surface area contributed by atoms with Crippen LogP contribution < -0.4 is 0 Å². The van der Waals surface area contributed by atoms with Crippen LogP contribution in [-0.4, -0.2) is 4.98 Å². The van der Waals surface area contributed by atoms with Gasteiger partial charge in [-0.05, 0) is 35.9 Å². The van der Waals surface area contributed by atoms with Gasteiger partial charge in [0.1, 0.15) is 5.52 Å². The summed E-state index contributed by atoms with van der Waals surface area (Å²) in [5, 5.41) is 1.33. The Labute approximate surface area is 120 Å². The zero-order valence-corrected chi connectivity index (χ0v) is 11.3. The molecule has 0 aliphatic rings. The van der Waals surface area contributed by atoms with E-state index in [0.29, 0.717) is 21.5 Å². The Kier molecular flexibility index (Phi) is 3.28. The molecule has 0 spiro atoms. The summed E-state index contributed by atoms with van der Waals surface area (Å²) in [4.78, 5) is 4.34. The first-order valence-corrected chi connectivity index (χ1v) is 6.47. The predicted molar refractivity (Wildman–Crippen MR) is 79.4 cm³/mol. The molecule has 3 aromatic rings. The van der Waals surface area contributed by atoms with Crippen LogP contribution in [0.4, 0.5) is 0 Å². The smallest absolute Gasteiger partial charge is 0.220 e. The minimum absolute atomic E-state index is 0.525. The monoisotopic (exact) mass is 289 g/mol. The molecular weight excluding hydrogens is 281 g/mol. The zero-order valence-electron chi connectivity index (χ0n) is 9.81. The second-order valence-corrected chi connectivity index (χ2v) is 4.86. The van der Waals surface area contributed by atoms with Crippen molar-refractivity contribution in [2.24, 2.45) is 0 Å². The average Bonchev–Trinajstić information content (AvgIpc) is 2.79. The van der Waals surface area contributed by atoms with Gasteiger partial charge in [-0.2, -0.15) is 0 Å². The van der Waals surface area contributed by atoms with Gasteiger partial charge in [0.25, 0.3) is 0 Å². The van der Waals surface area contributed by atoms with Gasteiger partial charge in [0.2, 0.25) is 5.89 Å². The van der Waals surface area contributed by atoms with Gasteiger partial charge in [-0.3, -0.25) is 0 Å². The molecule has 0 amide bonds. The van der Waals surface area contributed by atoms with Crippen LogP contribution in [0.5, 0.6) is 0 Å². The van der Waals surface area contributed by atoms with Crippen LogP contribution in [0.2, 0.25) is 10.0 Å². The minimum atomic E-state index is 0.525. The fourth-order valence-corrected chi connectivity index (χ4v) is 2.13. The van der Waals surface area contributed by atoms with E-state index in [4.69, 9.17) is 27.6 Å². The Morgan fingerprint density at radius 2 is 1.84 bits per heavy atom. The van der Waals surface area contributed by atoms with Crippen LogP contribution in [0.15, 0.2) is 46.9 Å². The van der Waals surface area contributed by atoms with E-state index in [9.17, 15) is 0 Å². The van der Waals surface area contributed by atoms with Crippen molar-refractivity contribution in [2.45, 2.75) is 0 Å². The van der Waals surface area contributed by atoms with Crippen molar-refractivity contribution in [3.8, 4) is 0 Å². The Hall–Kier alpha value is -1.77. The quantitative estimate of drug-likeness (QED) is 0.639. The van der Waals surface area contributed by atoms with Crippen molar-refractivity contribution >= 4 is 46.5 Å². The average molecular weight is 290 g/mol. The van der Waals surface area contributed by atoms with Crippen LogP contribution in [0.3, 0.4) is 0 Å². The molecule has 19 heavy (non-hydrogen) atoms. The fraction of sp³-hybridized carbons (Fsp3) is 0. The molecule has 94 valence electrons. The highest BCUT2D eigenvalue weighted by Gasteiger charge is 2.03. The number of aromatic nitrogens is 1. The Morgan fingerprint density at radius 1 is 1.00 bits per heavy atom. The lowest BCUT2D eigenvalue weighted by Gasteiger charge is -1.94. The Morgan fingerprint density at radius 3 is 2.68 bits per heavy atom. The third-order valence-corrected chi connectivity index (χ3v) is 3.26. The number of nitrogens with zero attached hydrogens (tertiary/aromatic N) is 1. The number of hydrogen-bond donors (Lipinski definition) is 0. The molecule has 0 fully saturated rings. The maximum Gasteiger partial charge on any atom is 0.220 e. The second kappa shape index (κ2) is 5.08. The topological polar surface area (TPSA) is 26.0 Å². The summed E-state index contributed by atoms with van der Waals surface area (Å²) in [6.45, 7) is 0. The summed E-state index contributed by atoms with van der Waals surface area (Å²) in [6, 6.07) is 12.9. The largest absolute Gasteiger partial charge is 0.437 e. The van der Waals surface area contributed by atoms with Gasteiger partial charge in [-0.25, -0.2) is 4.98 Å². The molecule has 0 aliphatic carbocycles. The van der Waals surface area contributed by atoms with Crippen LogP contribution >= 0.6 is 23.2 Å². The molecule has 1 heterocycles. The molecule has 0 saturated heterocycles. The predicted octanol–water partition coefficient (Wildman–Crippen LogP) is 5.31. The molecule has 0 atom stereocenters. The number of rotatable bonds is 2. The molecule has 2 aromatic carbocycles. The molecular formula is C15H9Cl2NO. The fourth-order valence-electron chi connectivity index (χ4n) is 1.76. The molecule has 4 heteroatoms. The normalized spacial score (nSPS) is 11.5. The van der Waals surface area contributed by atoms with E-state index in [1.165, 1.54) is 0 Å². The van der Waals surface area contributed by atoms with Gasteiger partial charge in [0.05, 0.1) is 0 Å². The van der Waals surface area contributed by atoms with Crippen LogP contribution in [0.25, 0.3) is 23.3 Å². The van der Waals surface area contributed by atoms with E-state index in [-0.39, 0.29) is 0 Å². The van der Waals surface area contributed by atoms with Crippen molar-refractivity contribution in [2.75, 3.05) is 0 Å². The standard InChI is InChI=1S/C15H9Cl2NO/c16-11-6-7-14-13(9-11)18-15(19-14)8-5-10-3-1-2-4-12(10)17/h1-9H/b8-5+. The van der Waals surface area contributed by atoms with Crippen molar-refractivity contribution in [3.63, 3.8) is 0 Å². The first-order valence-electron chi connectivity index (χ1n) is 5.71. The minimum Gasteiger partial charge on any atom is -0.437 e. The highest BCUT2D eigenvalue weighted by Crippen LogP contribution is 2.22. The Balaban J connectivity index is 1.95. The van der Waals surface area contributed by atoms with Crippen molar-refractivity contribution in [1.82, 2.24) is 4.98 Å². The summed E-state index contributed by atoms with van der Waals surface area (Å²) in [5.41, 5.74) is 2.37. The summed E-state index contributed by atoms with van der Waals surface area (Å²) < 4.78 is 5.58. The lowest BCUT2D eigenvalue weighted by Crippen LogP contribution is -1.74. The molecule has 0 bridgehead atoms. The van der Waals surface area contributed by atoms with Gasteiger partial charge in [-0.15, -0.1) is 0 Å². The van der Waals surface area contributed by atoms with E-state index in [1.54, 1.807) is 24.3 Å². The van der Waals surface area contributed by atoms with Gasteiger partial charge in [0.15, 0.2) is 5.58 Å². The lowest BCUT2D eigenvalue weighted by atomic mass is 10.2. The van der Waals surface area contributed by atoms with Crippen molar-refractivity contribution in [1.29, 1.82) is 0 Å². The zero-order chi connectivity index (χ0) is 13.2. The van der Waals surface area contributed by atoms with E-state index < -0.39 is 0 Å². The summed E-state index contributed by atoms with van der Waals surface area (Å²) in [5.74, 6) is 0.525. The molecule has 0 saturated carbocycles. The highest BCUT2D eigenvalue weighted by atomic mass is 35.5. The van der Waals surface area contributed by atoms with Crippen LogP contribution in [0, 0.1) is 0 Å². The van der Waals surface area contributed by atoms with E-state index in [0.717, 1.165) is 11.1 Å². The van der Waals surface area contributed by atoms with E-state index in [2.05, 4.69) is 4.98 Å².